The van der Waals surface area contributed by atoms with Crippen LogP contribution in [0.4, 0.5) is 0 Å². The molecule has 1 N–H and O–H groups in total. The van der Waals surface area contributed by atoms with Gasteiger partial charge in [-0.15, -0.1) is 0 Å². The first-order valence-corrected chi connectivity index (χ1v) is 8.22. The number of rotatable bonds is 5. The molecule has 1 aliphatic rings. The molecule has 0 aliphatic carbocycles. The van der Waals surface area contributed by atoms with E-state index in [0.717, 1.165) is 21.6 Å². The number of aryl methyl sites for hydroxylation is 1. The fourth-order valence-corrected chi connectivity index (χ4v) is 2.85. The Morgan fingerprint density at radius 1 is 1.15 bits per heavy atom. The Labute approximate surface area is 151 Å². The number of nitrogens with one attached hydrogen (secondary N) is 1. The van der Waals surface area contributed by atoms with Gasteiger partial charge in [-0.25, -0.2) is 0 Å². The number of morpholine rings is 1. The minimum Gasteiger partial charge on any atom is -0.362 e. The molecule has 2 aromatic rings. The number of nitrogens with zero attached hydrogens (tertiary/aromatic N) is 2. The van der Waals surface area contributed by atoms with Gasteiger partial charge in [-0.05, 0) is 35.7 Å². The van der Waals surface area contributed by atoms with Crippen LogP contribution in [0.15, 0.2) is 48.8 Å². The van der Waals surface area contributed by atoms with Crippen LogP contribution in [-0.4, -0.2) is 47.4 Å². The highest BCUT2D eigenvalue weighted by molar-refractivity contribution is 6.01. The molecule has 134 valence electrons. The second-order valence-corrected chi connectivity index (χ2v) is 6.00. The van der Waals surface area contributed by atoms with Gasteiger partial charge in [0.1, 0.15) is 19.8 Å². The van der Waals surface area contributed by atoms with Crippen LogP contribution >= 0.6 is 0 Å². The maximum Gasteiger partial charge on any atom is 0.255 e. The Kier molecular flexibility index (Phi) is 5.38. The molecule has 0 spiro atoms. The molecule has 0 radical (unpaired) electrons. The first-order chi connectivity index (χ1) is 12.6. The Hall–Kier alpha value is -3.06. The van der Waals surface area contributed by atoms with E-state index in [9.17, 15) is 14.4 Å². The van der Waals surface area contributed by atoms with Crippen LogP contribution in [0.25, 0.3) is 0 Å². The van der Waals surface area contributed by atoms with Gasteiger partial charge < -0.3 is 10.1 Å². The van der Waals surface area contributed by atoms with Crippen molar-refractivity contribution in [2.75, 3.05) is 19.8 Å². The number of carbonyl (C=O) groups is 3. The van der Waals surface area contributed by atoms with E-state index in [1.807, 2.05) is 43.3 Å². The van der Waals surface area contributed by atoms with E-state index in [2.05, 4.69) is 10.3 Å². The quantitative estimate of drug-likeness (QED) is 0.810. The van der Waals surface area contributed by atoms with E-state index in [0.29, 0.717) is 0 Å². The lowest BCUT2D eigenvalue weighted by Crippen LogP contribution is -2.50. The summed E-state index contributed by atoms with van der Waals surface area (Å²) in [6, 6.07) is 11.0. The molecule has 26 heavy (non-hydrogen) atoms. The number of ether oxygens (including phenoxy) is 1. The molecule has 1 saturated heterocycles. The lowest BCUT2D eigenvalue weighted by atomic mass is 9.95. The van der Waals surface area contributed by atoms with Gasteiger partial charge in [0.15, 0.2) is 0 Å². The van der Waals surface area contributed by atoms with E-state index >= 15 is 0 Å². The van der Waals surface area contributed by atoms with Gasteiger partial charge in [-0.2, -0.15) is 0 Å². The molecule has 1 aromatic heterocycles. The first-order valence-electron chi connectivity index (χ1n) is 8.22. The predicted octanol–water partition coefficient (Wildman–Crippen LogP) is 0.981. The molecular formula is C19H19N3O4. The zero-order valence-corrected chi connectivity index (χ0v) is 14.3. The second kappa shape index (κ2) is 7.88. The molecule has 7 nitrogen and oxygen atoms in total. The zero-order valence-electron chi connectivity index (χ0n) is 14.3. The summed E-state index contributed by atoms with van der Waals surface area (Å²) in [4.78, 5) is 41.1. The van der Waals surface area contributed by atoms with Gasteiger partial charge in [0, 0.05) is 12.4 Å². The van der Waals surface area contributed by atoms with Crippen LogP contribution in [-0.2, 0) is 19.1 Å². The number of hydrogen-bond acceptors (Lipinski definition) is 5. The molecule has 7 heteroatoms. The van der Waals surface area contributed by atoms with Crippen LogP contribution in [0.3, 0.4) is 0 Å². The van der Waals surface area contributed by atoms with E-state index in [1.165, 1.54) is 0 Å². The first kappa shape index (κ1) is 17.8. The molecule has 1 atom stereocenters. The number of benzene rings is 1. The van der Waals surface area contributed by atoms with Crippen molar-refractivity contribution in [2.45, 2.75) is 13.0 Å². The SMILES string of the molecule is Cc1ccccc1[C@H](NC(=O)CN1C(=O)COCC1=O)c1ccncc1. The molecule has 3 amide bonds. The van der Waals surface area contributed by atoms with Crippen LogP contribution < -0.4 is 5.32 Å². The number of carbonyl (C=O) groups excluding carboxylic acids is 3. The van der Waals surface area contributed by atoms with E-state index in [-0.39, 0.29) is 19.8 Å². The third kappa shape index (κ3) is 3.94. The van der Waals surface area contributed by atoms with Gasteiger partial charge in [0.05, 0.1) is 6.04 Å². The highest BCUT2D eigenvalue weighted by Gasteiger charge is 2.29. The lowest BCUT2D eigenvalue weighted by Gasteiger charge is -2.26. The van der Waals surface area contributed by atoms with Gasteiger partial charge in [0.2, 0.25) is 5.91 Å². The van der Waals surface area contributed by atoms with Crippen molar-refractivity contribution in [3.63, 3.8) is 0 Å². The van der Waals surface area contributed by atoms with Crippen LogP contribution in [0.2, 0.25) is 0 Å². The van der Waals surface area contributed by atoms with Crippen LogP contribution in [0.1, 0.15) is 22.7 Å². The topological polar surface area (TPSA) is 88.6 Å². The van der Waals surface area contributed by atoms with Crippen molar-refractivity contribution in [1.82, 2.24) is 15.2 Å². The molecule has 0 unspecified atom stereocenters. The normalized spacial score (nSPS) is 15.7. The maximum absolute atomic E-state index is 12.6. The Morgan fingerprint density at radius 3 is 2.46 bits per heavy atom. The summed E-state index contributed by atoms with van der Waals surface area (Å²) >= 11 is 0. The van der Waals surface area contributed by atoms with Crippen LogP contribution in [0.5, 0.6) is 0 Å². The van der Waals surface area contributed by atoms with Crippen molar-refractivity contribution >= 4 is 17.7 Å². The van der Waals surface area contributed by atoms with Crippen LogP contribution in [0, 0.1) is 6.92 Å². The summed E-state index contributed by atoms with van der Waals surface area (Å²) < 4.78 is 4.86. The summed E-state index contributed by atoms with van der Waals surface area (Å²) in [5, 5.41) is 2.93. The molecular weight excluding hydrogens is 334 g/mol. The zero-order chi connectivity index (χ0) is 18.5. The van der Waals surface area contributed by atoms with Gasteiger partial charge in [0.25, 0.3) is 11.8 Å². The molecule has 0 bridgehead atoms. The maximum atomic E-state index is 12.6. The number of hydrogen-bond donors (Lipinski definition) is 1. The minimum atomic E-state index is -0.507. The van der Waals surface area contributed by atoms with Crippen molar-refractivity contribution in [3.05, 3.63) is 65.5 Å². The van der Waals surface area contributed by atoms with Gasteiger partial charge >= 0.3 is 0 Å². The van der Waals surface area contributed by atoms with Crippen molar-refractivity contribution in [3.8, 4) is 0 Å². The van der Waals surface area contributed by atoms with Crippen molar-refractivity contribution < 1.29 is 19.1 Å². The molecule has 0 saturated carbocycles. The van der Waals surface area contributed by atoms with E-state index < -0.39 is 23.8 Å². The number of imide groups is 1. The average Bonchev–Trinajstić information content (AvgIpc) is 2.64. The molecule has 3 rings (SSSR count). The fourth-order valence-electron chi connectivity index (χ4n) is 2.85. The second-order valence-electron chi connectivity index (χ2n) is 6.00. The molecule has 1 aliphatic heterocycles. The Bertz CT molecular complexity index is 807. The summed E-state index contributed by atoms with van der Waals surface area (Å²) in [5.74, 6) is -1.43. The highest BCUT2D eigenvalue weighted by atomic mass is 16.5. The fraction of sp³-hybridized carbons (Fsp3) is 0.263. The molecule has 2 heterocycles. The van der Waals surface area contributed by atoms with Gasteiger partial charge in [-0.1, -0.05) is 24.3 Å². The molecule has 1 fully saturated rings. The minimum absolute atomic E-state index is 0.190. The molecule has 1 aromatic carbocycles. The third-order valence-electron chi connectivity index (χ3n) is 4.20. The van der Waals surface area contributed by atoms with Crippen molar-refractivity contribution in [1.29, 1.82) is 0 Å². The highest BCUT2D eigenvalue weighted by Crippen LogP contribution is 2.24. The summed E-state index contributed by atoms with van der Waals surface area (Å²) in [5.41, 5.74) is 2.82. The number of aromatic nitrogens is 1. The van der Waals surface area contributed by atoms with E-state index in [1.54, 1.807) is 12.4 Å². The Morgan fingerprint density at radius 2 is 1.81 bits per heavy atom. The predicted molar refractivity (Wildman–Crippen MR) is 92.9 cm³/mol. The Balaban J connectivity index is 1.82. The third-order valence-corrected chi connectivity index (χ3v) is 4.20. The number of amides is 3. The number of pyridine rings is 1. The summed E-state index contributed by atoms with van der Waals surface area (Å²) in [7, 11) is 0. The monoisotopic (exact) mass is 353 g/mol. The largest absolute Gasteiger partial charge is 0.362 e. The van der Waals surface area contributed by atoms with Crippen molar-refractivity contribution in [2.24, 2.45) is 0 Å². The van der Waals surface area contributed by atoms with E-state index in [4.69, 9.17) is 4.74 Å². The standard InChI is InChI=1S/C19H19N3O4/c1-13-4-2-3-5-15(13)19(14-6-8-20-9-7-14)21-16(23)10-22-17(24)11-26-12-18(22)25/h2-9,19H,10-12H2,1H3,(H,21,23)/t19-/m1/s1. The summed E-state index contributed by atoms with van der Waals surface area (Å²) in [6.45, 7) is 1.26. The smallest absolute Gasteiger partial charge is 0.255 e. The summed E-state index contributed by atoms with van der Waals surface area (Å²) in [6.07, 6.45) is 3.31. The average molecular weight is 353 g/mol. The lowest BCUT2D eigenvalue weighted by molar-refractivity contribution is -0.160. The van der Waals surface area contributed by atoms with Gasteiger partial charge in [-0.3, -0.25) is 24.3 Å².